The first-order chi connectivity index (χ1) is 8.67. The molecule has 0 saturated carbocycles. The summed E-state index contributed by atoms with van der Waals surface area (Å²) in [7, 11) is 0. The van der Waals surface area contributed by atoms with Crippen molar-refractivity contribution < 1.29 is 4.79 Å². The first kappa shape index (κ1) is 14.6. The predicted octanol–water partition coefficient (Wildman–Crippen LogP) is 1.78. The molecule has 18 heavy (non-hydrogen) atoms. The highest BCUT2D eigenvalue weighted by atomic mass is 16.1. The standard InChI is InChI=1S/C14H23N3O/c1-3-6-12(15)9-14(18)17-10-13-11(4-2)7-5-8-16-13/h5,7-8,12H,3-4,6,9-10,15H2,1-2H3,(H,17,18). The second-order valence-corrected chi connectivity index (χ2v) is 4.49. The van der Waals surface area contributed by atoms with E-state index in [1.807, 2.05) is 12.1 Å². The van der Waals surface area contributed by atoms with E-state index in [2.05, 4.69) is 24.1 Å². The molecule has 0 bridgehead atoms. The third kappa shape index (κ3) is 4.84. The van der Waals surface area contributed by atoms with Crippen LogP contribution in [0.2, 0.25) is 0 Å². The Kier molecular flexibility index (Phi) is 6.36. The SMILES string of the molecule is CCCC(N)CC(=O)NCc1ncccc1CC. The lowest BCUT2D eigenvalue weighted by molar-refractivity contribution is -0.121. The van der Waals surface area contributed by atoms with Gasteiger partial charge in [-0.1, -0.05) is 26.3 Å². The van der Waals surface area contributed by atoms with Crippen molar-refractivity contribution in [2.24, 2.45) is 5.73 Å². The van der Waals surface area contributed by atoms with Crippen molar-refractivity contribution in [1.82, 2.24) is 10.3 Å². The summed E-state index contributed by atoms with van der Waals surface area (Å²) in [6, 6.07) is 3.92. The Morgan fingerprint density at radius 1 is 1.50 bits per heavy atom. The number of hydrogen-bond donors (Lipinski definition) is 2. The Morgan fingerprint density at radius 3 is 2.94 bits per heavy atom. The molecule has 0 saturated heterocycles. The van der Waals surface area contributed by atoms with Crippen LogP contribution < -0.4 is 11.1 Å². The Morgan fingerprint density at radius 2 is 2.28 bits per heavy atom. The second kappa shape index (κ2) is 7.82. The van der Waals surface area contributed by atoms with Crippen molar-refractivity contribution >= 4 is 5.91 Å². The number of pyridine rings is 1. The summed E-state index contributed by atoms with van der Waals surface area (Å²) in [5, 5.41) is 2.88. The van der Waals surface area contributed by atoms with Gasteiger partial charge in [0.1, 0.15) is 0 Å². The van der Waals surface area contributed by atoms with Gasteiger partial charge in [0, 0.05) is 18.7 Å². The number of nitrogens with zero attached hydrogens (tertiary/aromatic N) is 1. The number of carbonyl (C=O) groups is 1. The Balaban J connectivity index is 2.42. The first-order valence-electron chi connectivity index (χ1n) is 6.62. The van der Waals surface area contributed by atoms with Crippen LogP contribution in [0.4, 0.5) is 0 Å². The molecule has 4 nitrogen and oxygen atoms in total. The summed E-state index contributed by atoms with van der Waals surface area (Å²) < 4.78 is 0. The van der Waals surface area contributed by atoms with Gasteiger partial charge in [0.25, 0.3) is 0 Å². The zero-order valence-corrected chi connectivity index (χ0v) is 11.3. The monoisotopic (exact) mass is 249 g/mol. The lowest BCUT2D eigenvalue weighted by atomic mass is 10.1. The minimum atomic E-state index is -0.0376. The van der Waals surface area contributed by atoms with Gasteiger partial charge in [0.2, 0.25) is 5.91 Å². The normalized spacial score (nSPS) is 12.2. The average molecular weight is 249 g/mol. The van der Waals surface area contributed by atoms with Crippen molar-refractivity contribution in [1.29, 1.82) is 0 Å². The minimum absolute atomic E-state index is 0.00339. The average Bonchev–Trinajstić information content (AvgIpc) is 2.37. The van der Waals surface area contributed by atoms with E-state index in [4.69, 9.17) is 5.73 Å². The largest absolute Gasteiger partial charge is 0.350 e. The molecule has 1 rings (SSSR count). The molecule has 0 aliphatic heterocycles. The molecular weight excluding hydrogens is 226 g/mol. The van der Waals surface area contributed by atoms with Crippen LogP contribution in [0, 0.1) is 0 Å². The number of aryl methyl sites for hydroxylation is 1. The molecular formula is C14H23N3O. The number of nitrogens with two attached hydrogens (primary N) is 1. The van der Waals surface area contributed by atoms with Gasteiger partial charge in [0.15, 0.2) is 0 Å². The summed E-state index contributed by atoms with van der Waals surface area (Å²) >= 11 is 0. The number of rotatable bonds is 7. The van der Waals surface area contributed by atoms with E-state index in [-0.39, 0.29) is 11.9 Å². The van der Waals surface area contributed by atoms with Gasteiger partial charge >= 0.3 is 0 Å². The van der Waals surface area contributed by atoms with Crippen LogP contribution in [-0.2, 0) is 17.8 Å². The van der Waals surface area contributed by atoms with Crippen molar-refractivity contribution in [3.05, 3.63) is 29.6 Å². The Labute approximate surface area is 109 Å². The Bertz CT molecular complexity index is 379. The van der Waals surface area contributed by atoms with Gasteiger partial charge in [-0.25, -0.2) is 0 Å². The van der Waals surface area contributed by atoms with Crippen molar-refractivity contribution in [2.75, 3.05) is 0 Å². The van der Waals surface area contributed by atoms with Crippen LogP contribution >= 0.6 is 0 Å². The summed E-state index contributed by atoms with van der Waals surface area (Å²) in [4.78, 5) is 16.0. The first-order valence-corrected chi connectivity index (χ1v) is 6.62. The molecule has 1 atom stereocenters. The van der Waals surface area contributed by atoms with E-state index in [1.54, 1.807) is 6.20 Å². The highest BCUT2D eigenvalue weighted by molar-refractivity contribution is 5.76. The molecule has 3 N–H and O–H groups in total. The topological polar surface area (TPSA) is 68.0 Å². The number of carbonyl (C=O) groups excluding carboxylic acids is 1. The molecule has 1 unspecified atom stereocenters. The molecule has 4 heteroatoms. The molecule has 1 aromatic rings. The summed E-state index contributed by atoms with van der Waals surface area (Å²) in [5.41, 5.74) is 7.95. The van der Waals surface area contributed by atoms with Crippen LogP contribution in [0.15, 0.2) is 18.3 Å². The zero-order valence-electron chi connectivity index (χ0n) is 11.3. The number of aromatic nitrogens is 1. The smallest absolute Gasteiger partial charge is 0.221 e. The van der Waals surface area contributed by atoms with Gasteiger partial charge in [0.05, 0.1) is 12.2 Å². The molecule has 0 spiro atoms. The van der Waals surface area contributed by atoms with Gasteiger partial charge < -0.3 is 11.1 Å². The van der Waals surface area contributed by atoms with Gasteiger partial charge in [-0.2, -0.15) is 0 Å². The number of amides is 1. The van der Waals surface area contributed by atoms with Gasteiger partial charge in [-0.3, -0.25) is 9.78 Å². The highest BCUT2D eigenvalue weighted by Crippen LogP contribution is 2.06. The highest BCUT2D eigenvalue weighted by Gasteiger charge is 2.09. The van der Waals surface area contributed by atoms with Crippen molar-refractivity contribution in [3.63, 3.8) is 0 Å². The van der Waals surface area contributed by atoms with Gasteiger partial charge in [-0.15, -0.1) is 0 Å². The third-order valence-electron chi connectivity index (χ3n) is 2.93. The predicted molar refractivity (Wildman–Crippen MR) is 73.0 cm³/mol. The van der Waals surface area contributed by atoms with E-state index in [9.17, 15) is 4.79 Å². The van der Waals surface area contributed by atoms with Crippen LogP contribution in [-0.4, -0.2) is 16.9 Å². The molecule has 0 fully saturated rings. The molecule has 1 aromatic heterocycles. The molecule has 100 valence electrons. The second-order valence-electron chi connectivity index (χ2n) is 4.49. The van der Waals surface area contributed by atoms with Crippen molar-refractivity contribution in [3.8, 4) is 0 Å². The van der Waals surface area contributed by atoms with E-state index in [1.165, 1.54) is 5.56 Å². The molecule has 1 amide bonds. The maximum atomic E-state index is 11.7. The molecule has 1 heterocycles. The zero-order chi connectivity index (χ0) is 13.4. The van der Waals surface area contributed by atoms with Crippen LogP contribution in [0.25, 0.3) is 0 Å². The minimum Gasteiger partial charge on any atom is -0.350 e. The van der Waals surface area contributed by atoms with Gasteiger partial charge in [-0.05, 0) is 24.5 Å². The lowest BCUT2D eigenvalue weighted by Crippen LogP contribution is -2.31. The quantitative estimate of drug-likeness (QED) is 0.774. The molecule has 0 radical (unpaired) electrons. The van der Waals surface area contributed by atoms with E-state index < -0.39 is 0 Å². The molecule has 0 aliphatic carbocycles. The van der Waals surface area contributed by atoms with E-state index in [0.29, 0.717) is 13.0 Å². The number of nitrogens with one attached hydrogen (secondary N) is 1. The fraction of sp³-hybridized carbons (Fsp3) is 0.571. The van der Waals surface area contributed by atoms with E-state index in [0.717, 1.165) is 25.0 Å². The van der Waals surface area contributed by atoms with Crippen LogP contribution in [0.1, 0.15) is 44.4 Å². The van der Waals surface area contributed by atoms with E-state index >= 15 is 0 Å². The number of hydrogen-bond acceptors (Lipinski definition) is 3. The molecule has 0 aromatic carbocycles. The third-order valence-corrected chi connectivity index (χ3v) is 2.93. The fourth-order valence-corrected chi connectivity index (χ4v) is 1.92. The van der Waals surface area contributed by atoms with Crippen molar-refractivity contribution in [2.45, 2.75) is 52.1 Å². The lowest BCUT2D eigenvalue weighted by Gasteiger charge is -2.11. The molecule has 0 aliphatic rings. The van der Waals surface area contributed by atoms with Crippen LogP contribution in [0.5, 0.6) is 0 Å². The maximum Gasteiger partial charge on any atom is 0.221 e. The summed E-state index contributed by atoms with van der Waals surface area (Å²) in [6.07, 6.45) is 4.96. The fourth-order valence-electron chi connectivity index (χ4n) is 1.92. The van der Waals surface area contributed by atoms with Crippen LogP contribution in [0.3, 0.4) is 0 Å². The summed E-state index contributed by atoms with van der Waals surface area (Å²) in [5.74, 6) is 0.00339. The Hall–Kier alpha value is -1.42. The maximum absolute atomic E-state index is 11.7. The summed E-state index contributed by atoms with van der Waals surface area (Å²) in [6.45, 7) is 4.64.